The summed E-state index contributed by atoms with van der Waals surface area (Å²) in [5.74, 6) is 0.931. The Labute approximate surface area is 112 Å². The summed E-state index contributed by atoms with van der Waals surface area (Å²) in [6.45, 7) is 1.99. The molecular weight excluding hydrogens is 313 g/mol. The number of rotatable bonds is 6. The van der Waals surface area contributed by atoms with Crippen molar-refractivity contribution in [2.24, 2.45) is 0 Å². The van der Waals surface area contributed by atoms with Crippen LogP contribution < -0.4 is 4.74 Å². The lowest BCUT2D eigenvalue weighted by Crippen LogP contribution is -2.10. The number of alkyl halides is 3. The smallest absolute Gasteiger partial charge is 0.389 e. The Morgan fingerprint density at radius 2 is 2.06 bits per heavy atom. The maximum absolute atomic E-state index is 11.9. The van der Waals surface area contributed by atoms with Crippen LogP contribution in [0.15, 0.2) is 10.7 Å². The topological polar surface area (TPSA) is 35.0 Å². The molecule has 1 heterocycles. The average Bonchev–Trinajstić information content (AvgIpc) is 2.23. The Morgan fingerprint density at radius 1 is 1.33 bits per heavy atom. The van der Waals surface area contributed by atoms with Crippen molar-refractivity contribution in [3.63, 3.8) is 0 Å². The molecular formula is C11H14BrF3N2O. The Morgan fingerprint density at radius 3 is 2.67 bits per heavy atom. The van der Waals surface area contributed by atoms with Crippen LogP contribution >= 0.6 is 15.9 Å². The highest BCUT2D eigenvalue weighted by Crippen LogP contribution is 2.21. The minimum Gasteiger partial charge on any atom is -0.478 e. The van der Waals surface area contributed by atoms with Crippen molar-refractivity contribution in [2.75, 3.05) is 6.61 Å². The van der Waals surface area contributed by atoms with E-state index < -0.39 is 12.6 Å². The van der Waals surface area contributed by atoms with Gasteiger partial charge in [-0.15, -0.1) is 0 Å². The molecule has 1 aromatic rings. The van der Waals surface area contributed by atoms with Gasteiger partial charge in [-0.25, -0.2) is 4.98 Å². The van der Waals surface area contributed by atoms with Gasteiger partial charge in [0.05, 0.1) is 6.61 Å². The highest BCUT2D eigenvalue weighted by atomic mass is 79.9. The number of nitrogens with zero attached hydrogens (tertiary/aromatic N) is 2. The average molecular weight is 327 g/mol. The van der Waals surface area contributed by atoms with Crippen LogP contribution in [0, 0.1) is 0 Å². The molecule has 0 aliphatic heterocycles. The van der Waals surface area contributed by atoms with E-state index in [1.807, 2.05) is 6.92 Å². The van der Waals surface area contributed by atoms with Gasteiger partial charge in [0, 0.05) is 18.9 Å². The van der Waals surface area contributed by atoms with Gasteiger partial charge in [0.2, 0.25) is 5.88 Å². The maximum atomic E-state index is 11.9. The summed E-state index contributed by atoms with van der Waals surface area (Å²) < 4.78 is 41.5. The molecule has 0 N–H and O–H groups in total. The summed E-state index contributed by atoms with van der Waals surface area (Å²) >= 11 is 3.21. The molecule has 18 heavy (non-hydrogen) atoms. The third-order valence-corrected chi connectivity index (χ3v) is 2.45. The molecule has 0 spiro atoms. The van der Waals surface area contributed by atoms with E-state index in [0.717, 1.165) is 6.42 Å². The Kier molecular flexibility index (Phi) is 5.84. The van der Waals surface area contributed by atoms with Gasteiger partial charge in [0.1, 0.15) is 10.4 Å². The van der Waals surface area contributed by atoms with Crippen molar-refractivity contribution >= 4 is 15.9 Å². The zero-order valence-electron chi connectivity index (χ0n) is 9.93. The molecule has 1 rings (SSSR count). The van der Waals surface area contributed by atoms with Gasteiger partial charge < -0.3 is 4.74 Å². The zero-order valence-corrected chi connectivity index (χ0v) is 11.5. The van der Waals surface area contributed by atoms with Crippen LogP contribution in [0.25, 0.3) is 0 Å². The van der Waals surface area contributed by atoms with E-state index >= 15 is 0 Å². The Bertz CT molecular complexity index is 385. The molecule has 0 amide bonds. The molecule has 0 aliphatic carbocycles. The molecule has 7 heteroatoms. The lowest BCUT2D eigenvalue weighted by Gasteiger charge is -2.08. The van der Waals surface area contributed by atoms with Crippen molar-refractivity contribution < 1.29 is 17.9 Å². The van der Waals surface area contributed by atoms with Crippen LogP contribution in [0.1, 0.15) is 32.0 Å². The van der Waals surface area contributed by atoms with Crippen LogP contribution in [0.3, 0.4) is 0 Å². The highest BCUT2D eigenvalue weighted by Gasteiger charge is 2.26. The fourth-order valence-electron chi connectivity index (χ4n) is 1.30. The second-order valence-corrected chi connectivity index (χ2v) is 4.57. The Balaban J connectivity index is 2.46. The minimum absolute atomic E-state index is 0.00543. The third kappa shape index (κ3) is 6.18. The van der Waals surface area contributed by atoms with Gasteiger partial charge in [0.15, 0.2) is 0 Å². The molecule has 0 atom stereocenters. The number of halogens is 4. The van der Waals surface area contributed by atoms with Crippen LogP contribution in [-0.4, -0.2) is 22.8 Å². The minimum atomic E-state index is -4.14. The van der Waals surface area contributed by atoms with Gasteiger partial charge in [-0.2, -0.15) is 18.2 Å². The quantitative estimate of drug-likeness (QED) is 0.587. The van der Waals surface area contributed by atoms with Crippen LogP contribution in [0.2, 0.25) is 0 Å². The van der Waals surface area contributed by atoms with Crippen molar-refractivity contribution in [1.29, 1.82) is 0 Å². The molecule has 0 saturated heterocycles. The first-order valence-corrected chi connectivity index (χ1v) is 6.43. The summed E-state index contributed by atoms with van der Waals surface area (Å²) in [6, 6.07) is 1.55. The second-order valence-electron chi connectivity index (χ2n) is 3.76. The number of aryl methyl sites for hydroxylation is 1. The molecule has 0 saturated carbocycles. The summed E-state index contributed by atoms with van der Waals surface area (Å²) in [4.78, 5) is 8.25. The molecule has 0 unspecified atom stereocenters. The summed E-state index contributed by atoms with van der Waals surface area (Å²) in [5.41, 5.74) is 0. The first kappa shape index (κ1) is 15.2. The van der Waals surface area contributed by atoms with Crippen LogP contribution in [-0.2, 0) is 6.42 Å². The number of hydrogen-bond acceptors (Lipinski definition) is 3. The van der Waals surface area contributed by atoms with E-state index in [1.165, 1.54) is 0 Å². The van der Waals surface area contributed by atoms with Gasteiger partial charge in [-0.3, -0.25) is 0 Å². The standard InChI is InChI=1S/C11H14BrF3N2O/c1-2-4-9-16-8(12)7-10(17-9)18-6-3-5-11(13,14)15/h7H,2-6H2,1H3. The van der Waals surface area contributed by atoms with E-state index in [0.29, 0.717) is 22.7 Å². The Hall–Kier alpha value is -0.850. The summed E-state index contributed by atoms with van der Waals surface area (Å²) in [6.07, 6.45) is -3.46. The van der Waals surface area contributed by atoms with Crippen molar-refractivity contribution in [3.8, 4) is 5.88 Å². The fourth-order valence-corrected chi connectivity index (χ4v) is 1.70. The van der Waals surface area contributed by atoms with Crippen molar-refractivity contribution in [3.05, 3.63) is 16.5 Å². The highest BCUT2D eigenvalue weighted by molar-refractivity contribution is 9.10. The van der Waals surface area contributed by atoms with E-state index in [2.05, 4.69) is 25.9 Å². The second kappa shape index (κ2) is 6.92. The first-order valence-electron chi connectivity index (χ1n) is 5.63. The lowest BCUT2D eigenvalue weighted by atomic mass is 10.3. The summed E-state index contributed by atoms with van der Waals surface area (Å²) in [7, 11) is 0. The SMILES string of the molecule is CCCc1nc(Br)cc(OCCCC(F)(F)F)n1. The van der Waals surface area contributed by atoms with Crippen LogP contribution in [0.5, 0.6) is 5.88 Å². The van der Waals surface area contributed by atoms with E-state index in [1.54, 1.807) is 6.07 Å². The summed E-state index contributed by atoms with van der Waals surface area (Å²) in [5, 5.41) is 0. The predicted molar refractivity (Wildman–Crippen MR) is 64.5 cm³/mol. The largest absolute Gasteiger partial charge is 0.478 e. The van der Waals surface area contributed by atoms with Gasteiger partial charge in [0.25, 0.3) is 0 Å². The molecule has 1 aromatic heterocycles. The monoisotopic (exact) mass is 326 g/mol. The number of aromatic nitrogens is 2. The van der Waals surface area contributed by atoms with Gasteiger partial charge >= 0.3 is 6.18 Å². The van der Waals surface area contributed by atoms with E-state index in [9.17, 15) is 13.2 Å². The molecule has 102 valence electrons. The van der Waals surface area contributed by atoms with Crippen LogP contribution in [0.4, 0.5) is 13.2 Å². The predicted octanol–water partition coefficient (Wildman–Crippen LogP) is 3.91. The molecule has 0 aromatic carbocycles. The van der Waals surface area contributed by atoms with E-state index in [4.69, 9.17) is 4.74 Å². The maximum Gasteiger partial charge on any atom is 0.389 e. The van der Waals surface area contributed by atoms with Crippen molar-refractivity contribution in [2.45, 2.75) is 38.8 Å². The lowest BCUT2D eigenvalue weighted by molar-refractivity contribution is -0.136. The normalized spacial score (nSPS) is 11.6. The van der Waals surface area contributed by atoms with E-state index in [-0.39, 0.29) is 13.0 Å². The van der Waals surface area contributed by atoms with Crippen molar-refractivity contribution in [1.82, 2.24) is 9.97 Å². The molecule has 0 bridgehead atoms. The zero-order chi connectivity index (χ0) is 13.6. The molecule has 0 radical (unpaired) electrons. The molecule has 3 nitrogen and oxygen atoms in total. The van der Waals surface area contributed by atoms with Gasteiger partial charge in [-0.1, -0.05) is 6.92 Å². The van der Waals surface area contributed by atoms with Gasteiger partial charge in [-0.05, 0) is 28.8 Å². The third-order valence-electron chi connectivity index (χ3n) is 2.05. The first-order chi connectivity index (χ1) is 8.40. The molecule has 0 fully saturated rings. The fraction of sp³-hybridized carbons (Fsp3) is 0.636. The number of ether oxygens (including phenoxy) is 1. The molecule has 0 aliphatic rings. The number of hydrogen-bond donors (Lipinski definition) is 0.